The first-order valence-electron chi connectivity index (χ1n) is 8.79. The molecule has 28 heavy (non-hydrogen) atoms. The molecule has 0 unspecified atom stereocenters. The number of halogens is 2. The molecule has 0 aliphatic carbocycles. The molecule has 140 valence electrons. The summed E-state index contributed by atoms with van der Waals surface area (Å²) in [5.74, 6) is -0.609. The summed E-state index contributed by atoms with van der Waals surface area (Å²) in [7, 11) is 1.54. The van der Waals surface area contributed by atoms with Gasteiger partial charge in [0.25, 0.3) is 5.91 Å². The lowest BCUT2D eigenvalue weighted by atomic mass is 9.97. The van der Waals surface area contributed by atoms with Crippen LogP contribution < -0.4 is 5.32 Å². The summed E-state index contributed by atoms with van der Waals surface area (Å²) in [6.07, 6.45) is 0. The molecule has 0 saturated heterocycles. The van der Waals surface area contributed by atoms with E-state index in [1.165, 1.54) is 25.2 Å². The van der Waals surface area contributed by atoms with Crippen molar-refractivity contribution in [1.29, 1.82) is 0 Å². The molecule has 5 heteroatoms. The number of hydrogen-bond acceptors (Lipinski definition) is 2. The number of carbonyl (C=O) groups excluding carboxylic acids is 1. The summed E-state index contributed by atoms with van der Waals surface area (Å²) < 4.78 is 33.2. The van der Waals surface area contributed by atoms with Crippen LogP contribution >= 0.6 is 0 Å². The van der Waals surface area contributed by atoms with Gasteiger partial charge in [-0.1, -0.05) is 18.2 Å². The van der Waals surface area contributed by atoms with Crippen LogP contribution in [0.15, 0.2) is 65.1 Å². The zero-order chi connectivity index (χ0) is 19.8. The summed E-state index contributed by atoms with van der Waals surface area (Å²) in [6.45, 7) is 1.72. The zero-order valence-corrected chi connectivity index (χ0v) is 15.3. The van der Waals surface area contributed by atoms with Crippen LogP contribution in [0.5, 0.6) is 0 Å². The molecule has 0 aliphatic heterocycles. The Bertz CT molecular complexity index is 1190. The number of amides is 1. The molecule has 0 atom stereocenters. The Kier molecular flexibility index (Phi) is 4.43. The molecule has 3 aromatic carbocycles. The van der Waals surface area contributed by atoms with Crippen molar-refractivity contribution in [2.24, 2.45) is 0 Å². The molecular formula is C23H17F2NO2. The maximum atomic E-state index is 14.0. The lowest BCUT2D eigenvalue weighted by Gasteiger charge is -2.07. The van der Waals surface area contributed by atoms with E-state index in [0.29, 0.717) is 33.4 Å². The van der Waals surface area contributed by atoms with E-state index in [-0.39, 0.29) is 17.5 Å². The first-order chi connectivity index (χ1) is 13.5. The molecule has 0 aliphatic rings. The van der Waals surface area contributed by atoms with E-state index >= 15 is 0 Å². The number of fused-ring (bicyclic) bond motifs is 1. The lowest BCUT2D eigenvalue weighted by molar-refractivity contribution is 0.0964. The van der Waals surface area contributed by atoms with Gasteiger partial charge < -0.3 is 9.73 Å². The van der Waals surface area contributed by atoms with E-state index in [2.05, 4.69) is 5.32 Å². The Labute approximate surface area is 160 Å². The summed E-state index contributed by atoms with van der Waals surface area (Å²) in [4.78, 5) is 12.6. The Balaban J connectivity index is 1.97. The highest BCUT2D eigenvalue weighted by Crippen LogP contribution is 2.36. The van der Waals surface area contributed by atoms with Gasteiger partial charge in [-0.25, -0.2) is 8.78 Å². The minimum absolute atomic E-state index is 0.289. The minimum Gasteiger partial charge on any atom is -0.455 e. The normalized spacial score (nSPS) is 11.0. The summed E-state index contributed by atoms with van der Waals surface area (Å²) in [6, 6.07) is 16.1. The Morgan fingerprint density at radius 3 is 2.39 bits per heavy atom. The average Bonchev–Trinajstić information content (AvgIpc) is 3.08. The van der Waals surface area contributed by atoms with Crippen molar-refractivity contribution >= 4 is 16.9 Å². The number of hydrogen-bond donors (Lipinski definition) is 1. The smallest absolute Gasteiger partial charge is 0.255 e. The standard InChI is InChI=1S/C23H17F2NO2/c1-13-17(4-3-5-19(13)25)15-8-11-20-18(12-15)21(23(27)26-2)22(28-20)14-6-9-16(24)10-7-14/h3-12H,1-2H3,(H,26,27). The highest BCUT2D eigenvalue weighted by atomic mass is 19.1. The molecule has 1 heterocycles. The van der Waals surface area contributed by atoms with Crippen molar-refractivity contribution in [3.8, 4) is 22.5 Å². The second-order valence-corrected chi connectivity index (χ2v) is 6.52. The maximum absolute atomic E-state index is 14.0. The largest absolute Gasteiger partial charge is 0.455 e. The number of carbonyl (C=O) groups is 1. The molecule has 0 spiro atoms. The molecular weight excluding hydrogens is 360 g/mol. The van der Waals surface area contributed by atoms with Gasteiger partial charge in [-0.15, -0.1) is 0 Å². The molecule has 4 aromatic rings. The third-order valence-electron chi connectivity index (χ3n) is 4.83. The van der Waals surface area contributed by atoms with E-state index in [1.807, 2.05) is 18.2 Å². The van der Waals surface area contributed by atoms with Crippen LogP contribution in [0.25, 0.3) is 33.4 Å². The predicted molar refractivity (Wildman–Crippen MR) is 105 cm³/mol. The highest BCUT2D eigenvalue weighted by Gasteiger charge is 2.22. The zero-order valence-electron chi connectivity index (χ0n) is 15.3. The molecule has 0 bridgehead atoms. The number of nitrogens with one attached hydrogen (secondary N) is 1. The number of benzene rings is 3. The van der Waals surface area contributed by atoms with Crippen LogP contribution in [0.2, 0.25) is 0 Å². The van der Waals surface area contributed by atoms with E-state index in [1.54, 1.807) is 31.2 Å². The fourth-order valence-electron chi connectivity index (χ4n) is 3.34. The third kappa shape index (κ3) is 2.95. The number of rotatable bonds is 3. The van der Waals surface area contributed by atoms with E-state index in [9.17, 15) is 13.6 Å². The highest BCUT2D eigenvalue weighted by molar-refractivity contribution is 6.11. The lowest BCUT2D eigenvalue weighted by Crippen LogP contribution is -2.18. The van der Waals surface area contributed by atoms with Gasteiger partial charge in [0.1, 0.15) is 23.0 Å². The van der Waals surface area contributed by atoms with Crippen LogP contribution in [0.1, 0.15) is 15.9 Å². The second kappa shape index (κ2) is 6.93. The predicted octanol–water partition coefficient (Wildman–Crippen LogP) is 5.71. The molecule has 0 saturated carbocycles. The van der Waals surface area contributed by atoms with Crippen molar-refractivity contribution in [3.05, 3.63) is 83.4 Å². The minimum atomic E-state index is -0.370. The molecule has 1 aromatic heterocycles. The molecule has 1 N–H and O–H groups in total. The quantitative estimate of drug-likeness (QED) is 0.497. The maximum Gasteiger partial charge on any atom is 0.255 e. The van der Waals surface area contributed by atoms with Gasteiger partial charge in [-0.2, -0.15) is 0 Å². The van der Waals surface area contributed by atoms with E-state index < -0.39 is 0 Å². The summed E-state index contributed by atoms with van der Waals surface area (Å²) in [5.41, 5.74) is 3.54. The van der Waals surface area contributed by atoms with Crippen LogP contribution in [-0.4, -0.2) is 13.0 Å². The van der Waals surface area contributed by atoms with Gasteiger partial charge in [-0.05, 0) is 66.1 Å². The van der Waals surface area contributed by atoms with Crippen LogP contribution in [0.3, 0.4) is 0 Å². The molecule has 3 nitrogen and oxygen atoms in total. The van der Waals surface area contributed by atoms with E-state index in [0.717, 1.165) is 11.1 Å². The first kappa shape index (κ1) is 17.9. The topological polar surface area (TPSA) is 42.2 Å². The summed E-state index contributed by atoms with van der Waals surface area (Å²) >= 11 is 0. The molecule has 4 rings (SSSR count). The Morgan fingerprint density at radius 1 is 0.964 bits per heavy atom. The van der Waals surface area contributed by atoms with Crippen molar-refractivity contribution in [2.75, 3.05) is 7.05 Å². The van der Waals surface area contributed by atoms with E-state index in [4.69, 9.17) is 4.42 Å². The Morgan fingerprint density at radius 2 is 1.68 bits per heavy atom. The van der Waals surface area contributed by atoms with Gasteiger partial charge in [0.15, 0.2) is 0 Å². The monoisotopic (exact) mass is 377 g/mol. The second-order valence-electron chi connectivity index (χ2n) is 6.52. The SMILES string of the molecule is CNC(=O)c1c(-c2ccc(F)cc2)oc2ccc(-c3cccc(F)c3C)cc12. The molecule has 0 fully saturated rings. The fourth-order valence-corrected chi connectivity index (χ4v) is 3.34. The van der Waals surface area contributed by atoms with Crippen molar-refractivity contribution < 1.29 is 18.0 Å². The summed E-state index contributed by atoms with van der Waals surface area (Å²) in [5, 5.41) is 3.24. The first-order valence-corrected chi connectivity index (χ1v) is 8.79. The van der Waals surface area contributed by atoms with Crippen molar-refractivity contribution in [1.82, 2.24) is 5.32 Å². The van der Waals surface area contributed by atoms with Gasteiger partial charge in [0.2, 0.25) is 0 Å². The van der Waals surface area contributed by atoms with Crippen LogP contribution in [-0.2, 0) is 0 Å². The van der Waals surface area contributed by atoms with Crippen LogP contribution in [0.4, 0.5) is 8.78 Å². The number of furan rings is 1. The van der Waals surface area contributed by atoms with Crippen molar-refractivity contribution in [3.63, 3.8) is 0 Å². The van der Waals surface area contributed by atoms with Gasteiger partial charge in [0.05, 0.1) is 5.56 Å². The average molecular weight is 377 g/mol. The third-order valence-corrected chi connectivity index (χ3v) is 4.83. The van der Waals surface area contributed by atoms with Crippen molar-refractivity contribution in [2.45, 2.75) is 6.92 Å². The Hall–Kier alpha value is -3.47. The van der Waals surface area contributed by atoms with Gasteiger partial charge in [0, 0.05) is 18.0 Å². The van der Waals surface area contributed by atoms with Crippen LogP contribution in [0, 0.1) is 18.6 Å². The van der Waals surface area contributed by atoms with Gasteiger partial charge >= 0.3 is 0 Å². The molecule has 0 radical (unpaired) electrons. The molecule has 1 amide bonds. The van der Waals surface area contributed by atoms with Gasteiger partial charge in [-0.3, -0.25) is 4.79 Å². The fraction of sp³-hybridized carbons (Fsp3) is 0.0870.